The lowest BCUT2D eigenvalue weighted by Crippen LogP contribution is -2.28. The molecule has 0 unspecified atom stereocenters. The van der Waals surface area contributed by atoms with Crippen LogP contribution in [0.5, 0.6) is 5.75 Å². The average molecular weight is 384 g/mol. The van der Waals surface area contributed by atoms with Crippen LogP contribution >= 0.6 is 0 Å². The average Bonchev–Trinajstić information content (AvgIpc) is 2.60. The molecule has 2 N–H and O–H groups in total. The van der Waals surface area contributed by atoms with Gasteiger partial charge in [-0.3, -0.25) is 5.32 Å². The number of anilines is 1. The summed E-state index contributed by atoms with van der Waals surface area (Å²) in [7, 11) is 0. The monoisotopic (exact) mass is 383 g/mol. The molecule has 4 heteroatoms. The Labute approximate surface area is 168 Å². The van der Waals surface area contributed by atoms with Gasteiger partial charge in [0.05, 0.1) is 0 Å². The molecule has 2 rings (SSSR count). The van der Waals surface area contributed by atoms with Crippen LogP contribution in [0.4, 0.5) is 10.5 Å². The molecule has 0 fully saturated rings. The lowest BCUT2D eigenvalue weighted by atomic mass is 9.70. The zero-order valence-corrected chi connectivity index (χ0v) is 18.1. The molecule has 0 spiro atoms. The van der Waals surface area contributed by atoms with E-state index in [0.717, 1.165) is 29.7 Å². The summed E-state index contributed by atoms with van der Waals surface area (Å²) in [6.07, 6.45) is 1.42. The van der Waals surface area contributed by atoms with Gasteiger partial charge in [0.25, 0.3) is 0 Å². The zero-order valence-electron chi connectivity index (χ0n) is 18.1. The number of carbonyl (C=O) groups excluding carboxylic acids is 1. The van der Waals surface area contributed by atoms with Crippen molar-refractivity contribution < 1.29 is 14.6 Å². The first kappa shape index (κ1) is 21.8. The summed E-state index contributed by atoms with van der Waals surface area (Å²) in [6, 6.07) is 12.0. The van der Waals surface area contributed by atoms with Crippen LogP contribution in [-0.2, 0) is 10.2 Å². The molecule has 0 atom stereocenters. The first-order valence-electron chi connectivity index (χ1n) is 9.93. The third-order valence-electron chi connectivity index (χ3n) is 5.37. The smallest absolute Gasteiger partial charge is 0.412 e. The molecular weight excluding hydrogens is 350 g/mol. The van der Waals surface area contributed by atoms with Gasteiger partial charge >= 0.3 is 6.09 Å². The maximum absolute atomic E-state index is 12.1. The maximum atomic E-state index is 12.1. The summed E-state index contributed by atoms with van der Waals surface area (Å²) in [5.41, 5.74) is 4.34. The van der Waals surface area contributed by atoms with Crippen molar-refractivity contribution in [3.63, 3.8) is 0 Å². The number of rotatable bonds is 5. The predicted octanol–water partition coefficient (Wildman–Crippen LogP) is 6.46. The van der Waals surface area contributed by atoms with Crippen molar-refractivity contribution in [1.82, 2.24) is 0 Å². The first-order valence-corrected chi connectivity index (χ1v) is 9.93. The van der Waals surface area contributed by atoms with Crippen molar-refractivity contribution in [2.24, 2.45) is 0 Å². The van der Waals surface area contributed by atoms with E-state index in [4.69, 9.17) is 4.74 Å². The Morgan fingerprint density at radius 1 is 0.964 bits per heavy atom. The number of hydrogen-bond acceptors (Lipinski definition) is 3. The minimum absolute atomic E-state index is 0.145. The molecule has 0 saturated heterocycles. The van der Waals surface area contributed by atoms with Gasteiger partial charge in [0.1, 0.15) is 11.4 Å². The van der Waals surface area contributed by atoms with Gasteiger partial charge in [-0.15, -0.1) is 0 Å². The predicted molar refractivity (Wildman–Crippen MR) is 115 cm³/mol. The van der Waals surface area contributed by atoms with Crippen LogP contribution in [0.1, 0.15) is 69.7 Å². The number of carbonyl (C=O) groups is 1. The molecular formula is C24H33NO3. The third-order valence-corrected chi connectivity index (χ3v) is 5.37. The van der Waals surface area contributed by atoms with Crippen LogP contribution in [0, 0.1) is 13.8 Å². The van der Waals surface area contributed by atoms with Crippen LogP contribution in [-0.4, -0.2) is 16.8 Å². The van der Waals surface area contributed by atoms with E-state index in [-0.39, 0.29) is 5.41 Å². The fraction of sp³-hybridized carbons (Fsp3) is 0.458. The van der Waals surface area contributed by atoms with Gasteiger partial charge in [-0.1, -0.05) is 38.1 Å². The van der Waals surface area contributed by atoms with Crippen molar-refractivity contribution in [3.8, 4) is 5.75 Å². The number of aromatic hydroxyl groups is 1. The topological polar surface area (TPSA) is 58.6 Å². The van der Waals surface area contributed by atoms with E-state index in [1.807, 2.05) is 46.8 Å². The quantitative estimate of drug-likeness (QED) is 0.623. The van der Waals surface area contributed by atoms with Crippen molar-refractivity contribution >= 4 is 11.8 Å². The zero-order chi connectivity index (χ0) is 21.1. The van der Waals surface area contributed by atoms with Crippen LogP contribution in [0.3, 0.4) is 0 Å². The Morgan fingerprint density at radius 2 is 1.50 bits per heavy atom. The summed E-state index contributed by atoms with van der Waals surface area (Å²) < 4.78 is 5.36. The second kappa shape index (κ2) is 8.26. The molecule has 0 aromatic heterocycles. The summed E-state index contributed by atoms with van der Waals surface area (Å²) in [5.74, 6) is 0.318. The van der Waals surface area contributed by atoms with Crippen LogP contribution in [0.25, 0.3) is 0 Å². The molecule has 0 bridgehead atoms. The SMILES string of the molecule is CCC(CC)(c1ccc(O)c(C)c1)c1ccc(NC(=O)OC(C)(C)C)c(C)c1. The molecule has 1 amide bonds. The van der Waals surface area contributed by atoms with E-state index in [1.165, 1.54) is 11.1 Å². The van der Waals surface area contributed by atoms with E-state index in [2.05, 4.69) is 37.4 Å². The Balaban J connectivity index is 2.40. The molecule has 0 saturated carbocycles. The fourth-order valence-corrected chi connectivity index (χ4v) is 3.70. The molecule has 4 nitrogen and oxygen atoms in total. The number of amides is 1. The van der Waals surface area contributed by atoms with Gasteiger partial charge in [0, 0.05) is 11.1 Å². The minimum Gasteiger partial charge on any atom is -0.508 e. The van der Waals surface area contributed by atoms with Gasteiger partial charge in [-0.25, -0.2) is 4.79 Å². The normalized spacial score (nSPS) is 12.0. The number of ether oxygens (including phenoxy) is 1. The highest BCUT2D eigenvalue weighted by Gasteiger charge is 2.31. The maximum Gasteiger partial charge on any atom is 0.412 e. The van der Waals surface area contributed by atoms with Crippen molar-refractivity contribution in [2.45, 2.75) is 72.3 Å². The Kier molecular flexibility index (Phi) is 6.43. The van der Waals surface area contributed by atoms with E-state index in [9.17, 15) is 9.90 Å². The summed E-state index contributed by atoms with van der Waals surface area (Å²) >= 11 is 0. The number of aryl methyl sites for hydroxylation is 2. The first-order chi connectivity index (χ1) is 13.0. The third kappa shape index (κ3) is 4.67. The highest BCUT2D eigenvalue weighted by Crippen LogP contribution is 2.41. The minimum atomic E-state index is -0.533. The molecule has 0 heterocycles. The number of benzene rings is 2. The highest BCUT2D eigenvalue weighted by molar-refractivity contribution is 5.86. The Morgan fingerprint density at radius 3 is 1.96 bits per heavy atom. The van der Waals surface area contributed by atoms with Crippen molar-refractivity contribution in [1.29, 1.82) is 0 Å². The number of hydrogen-bond donors (Lipinski definition) is 2. The molecule has 152 valence electrons. The molecule has 2 aromatic carbocycles. The van der Waals surface area contributed by atoms with E-state index in [0.29, 0.717) is 5.75 Å². The van der Waals surface area contributed by atoms with Crippen molar-refractivity contribution in [2.75, 3.05) is 5.32 Å². The van der Waals surface area contributed by atoms with E-state index >= 15 is 0 Å². The number of nitrogens with one attached hydrogen (secondary N) is 1. The molecule has 0 aliphatic heterocycles. The molecule has 2 aromatic rings. The lowest BCUT2D eigenvalue weighted by Gasteiger charge is -2.34. The number of phenols is 1. The Hall–Kier alpha value is -2.49. The van der Waals surface area contributed by atoms with Gasteiger partial charge < -0.3 is 9.84 Å². The van der Waals surface area contributed by atoms with Gasteiger partial charge in [0.15, 0.2) is 0 Å². The van der Waals surface area contributed by atoms with Gasteiger partial charge in [-0.05, 0) is 81.8 Å². The van der Waals surface area contributed by atoms with Crippen LogP contribution in [0.15, 0.2) is 36.4 Å². The lowest BCUT2D eigenvalue weighted by molar-refractivity contribution is 0.0636. The second-order valence-corrected chi connectivity index (χ2v) is 8.45. The van der Waals surface area contributed by atoms with Gasteiger partial charge in [0.2, 0.25) is 0 Å². The Bertz CT molecular complexity index is 845. The highest BCUT2D eigenvalue weighted by atomic mass is 16.6. The molecule has 0 radical (unpaired) electrons. The molecule has 0 aliphatic carbocycles. The van der Waals surface area contributed by atoms with E-state index in [1.54, 1.807) is 6.07 Å². The largest absolute Gasteiger partial charge is 0.508 e. The second-order valence-electron chi connectivity index (χ2n) is 8.45. The fourth-order valence-electron chi connectivity index (χ4n) is 3.70. The summed E-state index contributed by atoms with van der Waals surface area (Å²) in [6.45, 7) is 13.8. The van der Waals surface area contributed by atoms with Crippen LogP contribution in [0.2, 0.25) is 0 Å². The van der Waals surface area contributed by atoms with Crippen molar-refractivity contribution in [3.05, 3.63) is 58.7 Å². The molecule has 0 aliphatic rings. The van der Waals surface area contributed by atoms with Crippen LogP contribution < -0.4 is 5.32 Å². The summed E-state index contributed by atoms with van der Waals surface area (Å²) in [4.78, 5) is 12.1. The van der Waals surface area contributed by atoms with E-state index < -0.39 is 11.7 Å². The van der Waals surface area contributed by atoms with Gasteiger partial charge in [-0.2, -0.15) is 0 Å². The summed E-state index contributed by atoms with van der Waals surface area (Å²) in [5, 5.41) is 12.8. The standard InChI is InChI=1S/C24H33NO3/c1-8-24(9-2,19-11-13-21(26)17(4)15-19)18-10-12-20(16(3)14-18)25-22(27)28-23(5,6)7/h10-15,26H,8-9H2,1-7H3,(H,25,27). The number of phenolic OH excluding ortho intramolecular Hbond substituents is 1. The molecule has 28 heavy (non-hydrogen) atoms.